The molecule has 138 valence electrons. The number of guanidine groups is 1. The zero-order valence-electron chi connectivity index (χ0n) is 14.7. The SMILES string of the molecule is COc1ccc(OC)c(NC(N)=NCCCCc2nc(C)cs2)c1.I. The molecule has 0 fully saturated rings. The third kappa shape index (κ3) is 7.07. The van der Waals surface area contributed by atoms with Crippen molar-refractivity contribution in [1.82, 2.24) is 4.98 Å². The molecule has 0 amide bonds. The Labute approximate surface area is 169 Å². The van der Waals surface area contributed by atoms with Gasteiger partial charge in [-0.3, -0.25) is 4.99 Å². The van der Waals surface area contributed by atoms with E-state index in [4.69, 9.17) is 15.2 Å². The molecular weight excluding hydrogens is 451 g/mol. The highest BCUT2D eigenvalue weighted by Gasteiger charge is 2.06. The minimum absolute atomic E-state index is 0. The van der Waals surface area contributed by atoms with Crippen molar-refractivity contribution in [1.29, 1.82) is 0 Å². The van der Waals surface area contributed by atoms with Crippen LogP contribution in [0.4, 0.5) is 5.69 Å². The fraction of sp³-hybridized carbons (Fsp3) is 0.412. The molecule has 0 atom stereocenters. The maximum absolute atomic E-state index is 5.95. The summed E-state index contributed by atoms with van der Waals surface area (Å²) in [6.45, 7) is 2.69. The number of nitrogens with two attached hydrogens (primary N) is 1. The van der Waals surface area contributed by atoms with Gasteiger partial charge in [-0.05, 0) is 38.3 Å². The van der Waals surface area contributed by atoms with E-state index in [9.17, 15) is 0 Å². The molecule has 0 saturated carbocycles. The molecule has 0 radical (unpaired) electrons. The number of benzene rings is 1. The van der Waals surface area contributed by atoms with Gasteiger partial charge in [-0.25, -0.2) is 4.98 Å². The molecule has 2 rings (SSSR count). The lowest BCUT2D eigenvalue weighted by Gasteiger charge is -2.12. The van der Waals surface area contributed by atoms with Gasteiger partial charge < -0.3 is 20.5 Å². The summed E-state index contributed by atoms with van der Waals surface area (Å²) in [5.74, 6) is 1.78. The summed E-state index contributed by atoms with van der Waals surface area (Å²) in [4.78, 5) is 8.81. The minimum atomic E-state index is 0. The van der Waals surface area contributed by atoms with Gasteiger partial charge >= 0.3 is 0 Å². The number of unbranched alkanes of at least 4 members (excludes halogenated alkanes) is 1. The summed E-state index contributed by atoms with van der Waals surface area (Å²) in [7, 11) is 3.23. The summed E-state index contributed by atoms with van der Waals surface area (Å²) in [5.41, 5.74) is 7.77. The summed E-state index contributed by atoms with van der Waals surface area (Å²) in [6.07, 6.45) is 3.01. The second-order valence-electron chi connectivity index (χ2n) is 5.30. The van der Waals surface area contributed by atoms with Gasteiger partial charge in [-0.15, -0.1) is 35.3 Å². The third-order valence-electron chi connectivity index (χ3n) is 3.42. The normalized spacial score (nSPS) is 10.9. The van der Waals surface area contributed by atoms with E-state index >= 15 is 0 Å². The topological polar surface area (TPSA) is 81.8 Å². The number of halogens is 1. The van der Waals surface area contributed by atoms with E-state index in [2.05, 4.69) is 20.7 Å². The second-order valence-corrected chi connectivity index (χ2v) is 6.24. The summed E-state index contributed by atoms with van der Waals surface area (Å²) in [5, 5.41) is 6.32. The van der Waals surface area contributed by atoms with Crippen LogP contribution in [0.15, 0.2) is 28.6 Å². The lowest BCUT2D eigenvalue weighted by molar-refractivity contribution is 0.405. The highest BCUT2D eigenvalue weighted by atomic mass is 127. The van der Waals surface area contributed by atoms with Gasteiger partial charge in [-0.2, -0.15) is 0 Å². The van der Waals surface area contributed by atoms with E-state index in [-0.39, 0.29) is 24.0 Å². The first-order chi connectivity index (χ1) is 11.6. The Morgan fingerprint density at radius 1 is 1.28 bits per heavy atom. The predicted molar refractivity (Wildman–Crippen MR) is 115 cm³/mol. The first kappa shape index (κ1) is 21.5. The van der Waals surface area contributed by atoms with Crippen molar-refractivity contribution in [2.75, 3.05) is 26.1 Å². The summed E-state index contributed by atoms with van der Waals surface area (Å²) < 4.78 is 10.5. The molecule has 0 aliphatic carbocycles. The van der Waals surface area contributed by atoms with Crippen LogP contribution in [-0.2, 0) is 6.42 Å². The fourth-order valence-corrected chi connectivity index (χ4v) is 3.01. The molecule has 1 aromatic carbocycles. The van der Waals surface area contributed by atoms with Crippen LogP contribution in [0.1, 0.15) is 23.5 Å². The minimum Gasteiger partial charge on any atom is -0.497 e. The summed E-state index contributed by atoms with van der Waals surface area (Å²) in [6, 6.07) is 5.48. The van der Waals surface area contributed by atoms with Crippen molar-refractivity contribution in [2.24, 2.45) is 10.7 Å². The van der Waals surface area contributed by atoms with Crippen molar-refractivity contribution < 1.29 is 9.47 Å². The van der Waals surface area contributed by atoms with Crippen molar-refractivity contribution >= 4 is 47.0 Å². The number of thiazole rings is 1. The Morgan fingerprint density at radius 3 is 2.72 bits per heavy atom. The van der Waals surface area contributed by atoms with Crippen LogP contribution >= 0.6 is 35.3 Å². The zero-order valence-corrected chi connectivity index (χ0v) is 17.9. The quantitative estimate of drug-likeness (QED) is 0.262. The molecule has 3 N–H and O–H groups in total. The largest absolute Gasteiger partial charge is 0.497 e. The average Bonchev–Trinajstić information content (AvgIpc) is 2.99. The number of methoxy groups -OCH3 is 2. The number of aromatic nitrogens is 1. The molecule has 0 unspecified atom stereocenters. The summed E-state index contributed by atoms with van der Waals surface area (Å²) >= 11 is 1.71. The van der Waals surface area contributed by atoms with E-state index in [1.165, 1.54) is 5.01 Å². The first-order valence-corrected chi connectivity index (χ1v) is 8.70. The molecule has 25 heavy (non-hydrogen) atoms. The molecule has 2 aromatic rings. The van der Waals surface area contributed by atoms with Gasteiger partial charge in [0, 0.05) is 23.7 Å². The molecule has 1 heterocycles. The van der Waals surface area contributed by atoms with Crippen LogP contribution in [0.3, 0.4) is 0 Å². The monoisotopic (exact) mass is 476 g/mol. The number of aryl methyl sites for hydroxylation is 2. The molecular formula is C17H25IN4O2S. The number of hydrogen-bond donors (Lipinski definition) is 2. The van der Waals surface area contributed by atoms with Crippen LogP contribution < -0.4 is 20.5 Å². The van der Waals surface area contributed by atoms with Crippen LogP contribution in [-0.4, -0.2) is 31.7 Å². The Morgan fingerprint density at radius 2 is 2.08 bits per heavy atom. The molecule has 0 aliphatic rings. The molecule has 0 aliphatic heterocycles. The van der Waals surface area contributed by atoms with E-state index < -0.39 is 0 Å². The van der Waals surface area contributed by atoms with E-state index in [1.54, 1.807) is 25.6 Å². The van der Waals surface area contributed by atoms with Gasteiger partial charge in [0.15, 0.2) is 5.96 Å². The van der Waals surface area contributed by atoms with Crippen molar-refractivity contribution in [2.45, 2.75) is 26.2 Å². The zero-order chi connectivity index (χ0) is 17.4. The molecule has 1 aromatic heterocycles. The fourth-order valence-electron chi connectivity index (χ4n) is 2.19. The second kappa shape index (κ2) is 11.1. The van der Waals surface area contributed by atoms with E-state index in [0.29, 0.717) is 18.3 Å². The predicted octanol–water partition coefficient (Wildman–Crippen LogP) is 3.84. The van der Waals surface area contributed by atoms with Gasteiger partial charge in [0.2, 0.25) is 0 Å². The number of nitrogens with zero attached hydrogens (tertiary/aromatic N) is 2. The van der Waals surface area contributed by atoms with E-state index in [1.807, 2.05) is 25.1 Å². The Bertz CT molecular complexity index is 691. The maximum atomic E-state index is 5.95. The van der Waals surface area contributed by atoms with Crippen LogP contribution in [0.5, 0.6) is 11.5 Å². The molecule has 0 bridgehead atoms. The lowest BCUT2D eigenvalue weighted by atomic mass is 10.2. The van der Waals surface area contributed by atoms with Crippen LogP contribution in [0.25, 0.3) is 0 Å². The number of anilines is 1. The van der Waals surface area contributed by atoms with Gasteiger partial charge in [0.25, 0.3) is 0 Å². The highest BCUT2D eigenvalue weighted by molar-refractivity contribution is 14.0. The third-order valence-corrected chi connectivity index (χ3v) is 4.44. The molecule has 0 saturated heterocycles. The van der Waals surface area contributed by atoms with Crippen LogP contribution in [0, 0.1) is 6.92 Å². The van der Waals surface area contributed by atoms with Crippen molar-refractivity contribution in [3.63, 3.8) is 0 Å². The molecule has 8 heteroatoms. The van der Waals surface area contributed by atoms with E-state index in [0.717, 1.165) is 36.4 Å². The Hall–Kier alpha value is -1.55. The Balaban J connectivity index is 0.00000312. The number of hydrogen-bond acceptors (Lipinski definition) is 5. The van der Waals surface area contributed by atoms with Crippen molar-refractivity contribution in [3.8, 4) is 11.5 Å². The average molecular weight is 476 g/mol. The highest BCUT2D eigenvalue weighted by Crippen LogP contribution is 2.28. The van der Waals surface area contributed by atoms with Gasteiger partial charge in [0.1, 0.15) is 11.5 Å². The lowest BCUT2D eigenvalue weighted by Crippen LogP contribution is -2.23. The number of nitrogens with one attached hydrogen (secondary N) is 1. The van der Waals surface area contributed by atoms with Gasteiger partial charge in [0.05, 0.1) is 24.9 Å². The van der Waals surface area contributed by atoms with Gasteiger partial charge in [-0.1, -0.05) is 0 Å². The smallest absolute Gasteiger partial charge is 0.193 e. The Kier molecular flexibility index (Phi) is 9.58. The number of aliphatic imine (C=N–C) groups is 1. The van der Waals surface area contributed by atoms with Crippen LogP contribution in [0.2, 0.25) is 0 Å². The number of ether oxygens (including phenoxy) is 2. The maximum Gasteiger partial charge on any atom is 0.193 e. The molecule has 6 nitrogen and oxygen atoms in total. The number of rotatable bonds is 8. The first-order valence-electron chi connectivity index (χ1n) is 7.82. The molecule has 0 spiro atoms. The standard InChI is InChI=1S/C17H24N4O2S.HI/c1-12-11-24-16(20-12)6-4-5-9-19-17(18)21-14-10-13(22-2)7-8-15(14)23-3;/h7-8,10-11H,4-6,9H2,1-3H3,(H3,18,19,21);1H. The van der Waals surface area contributed by atoms with Crippen molar-refractivity contribution in [3.05, 3.63) is 34.3 Å².